The lowest BCUT2D eigenvalue weighted by molar-refractivity contribution is -0.161. The van der Waals surface area contributed by atoms with Crippen LogP contribution in [0.2, 0.25) is 0 Å². The Labute approximate surface area is 556 Å². The molecule has 91 heavy (non-hydrogen) atoms. The Morgan fingerprint density at radius 3 is 0.780 bits per heavy atom. The zero-order chi connectivity index (χ0) is 67.5. The predicted octanol–water partition coefficient (Wildman–Crippen LogP) is 20.5. The van der Waals surface area contributed by atoms with E-state index in [1.165, 1.54) is 154 Å². The molecule has 0 aromatic rings. The topological polar surface area (TPSA) is 237 Å². The molecule has 3 N–H and O–H groups in total. The third kappa shape index (κ3) is 65.1. The van der Waals surface area contributed by atoms with E-state index in [0.29, 0.717) is 31.6 Å². The third-order valence-electron chi connectivity index (χ3n) is 16.9. The number of unbranched alkanes of at least 4 members (excludes halogenated alkanes) is 34. The van der Waals surface area contributed by atoms with E-state index >= 15 is 0 Å². The van der Waals surface area contributed by atoms with Crippen LogP contribution in [-0.4, -0.2) is 96.7 Å². The maximum Gasteiger partial charge on any atom is 0.472 e. The van der Waals surface area contributed by atoms with Crippen molar-refractivity contribution in [2.24, 2.45) is 23.7 Å². The summed E-state index contributed by atoms with van der Waals surface area (Å²) in [7, 11) is -9.90. The molecule has 0 rings (SSSR count). The second-order valence-electron chi connectivity index (χ2n) is 27.6. The summed E-state index contributed by atoms with van der Waals surface area (Å²) in [4.78, 5) is 72.5. The van der Waals surface area contributed by atoms with E-state index in [1.807, 2.05) is 0 Å². The molecule has 17 nitrogen and oxygen atoms in total. The van der Waals surface area contributed by atoms with Gasteiger partial charge in [-0.15, -0.1) is 0 Å². The molecule has 0 aliphatic rings. The van der Waals surface area contributed by atoms with Crippen LogP contribution in [0.5, 0.6) is 0 Å². The average Bonchev–Trinajstić information content (AvgIpc) is 3.68. The molecule has 19 heteroatoms. The highest BCUT2D eigenvalue weighted by Gasteiger charge is 2.30. The van der Waals surface area contributed by atoms with Crippen LogP contribution < -0.4 is 0 Å². The first kappa shape index (κ1) is 89.1. The van der Waals surface area contributed by atoms with Crippen molar-refractivity contribution in [2.45, 2.75) is 375 Å². The van der Waals surface area contributed by atoms with Crippen LogP contribution in [0.1, 0.15) is 357 Å². The number of hydrogen-bond donors (Lipinski definition) is 3. The number of ether oxygens (including phenoxy) is 4. The minimum atomic E-state index is -4.95. The highest BCUT2D eigenvalue weighted by atomic mass is 31.2. The first-order valence-electron chi connectivity index (χ1n) is 37.2. The molecule has 540 valence electrons. The number of aliphatic hydroxyl groups excluding tert-OH is 1. The molecular formula is C72H140O17P2. The van der Waals surface area contributed by atoms with Gasteiger partial charge in [0.2, 0.25) is 0 Å². The van der Waals surface area contributed by atoms with E-state index < -0.39 is 97.5 Å². The first-order valence-corrected chi connectivity index (χ1v) is 40.2. The standard InChI is InChI=1S/C72H140O17P2/c1-9-65(8)51-43-35-29-31-37-45-53-70(75)83-59-68(89-72(77)55-47-39-30-28-34-42-50-64(6)7)61-87-91(80,81)85-57-66(73)56-84-90(78,79)86-60-67(88-71(76)54-46-38-27-23-22-25-33-41-49-63(4)5)58-82-69(74)52-44-36-26-21-19-17-15-13-11-10-12-14-16-18-20-24-32-40-48-62(2)3/h62-68,73H,9-61H2,1-8H3,(H,78,79)(H,80,81)/t65?,66-,67-,68-/m1/s1. The molecule has 0 spiro atoms. The summed E-state index contributed by atoms with van der Waals surface area (Å²) in [6, 6.07) is 0. The van der Waals surface area contributed by atoms with Crippen molar-refractivity contribution in [2.75, 3.05) is 39.6 Å². The zero-order valence-electron chi connectivity index (χ0n) is 59.5. The van der Waals surface area contributed by atoms with Gasteiger partial charge < -0.3 is 33.8 Å². The van der Waals surface area contributed by atoms with Gasteiger partial charge in [0.1, 0.15) is 19.3 Å². The maximum absolute atomic E-state index is 13.0. The second kappa shape index (κ2) is 61.6. The minimum Gasteiger partial charge on any atom is -0.462 e. The number of aliphatic hydroxyl groups is 1. The van der Waals surface area contributed by atoms with Crippen LogP contribution in [0.3, 0.4) is 0 Å². The lowest BCUT2D eigenvalue weighted by atomic mass is 10.00. The zero-order valence-corrected chi connectivity index (χ0v) is 61.3. The fourth-order valence-electron chi connectivity index (χ4n) is 10.8. The lowest BCUT2D eigenvalue weighted by Gasteiger charge is -2.21. The summed E-state index contributed by atoms with van der Waals surface area (Å²) in [5.74, 6) is 0.807. The highest BCUT2D eigenvalue weighted by Crippen LogP contribution is 2.45. The molecule has 3 unspecified atom stereocenters. The van der Waals surface area contributed by atoms with Gasteiger partial charge >= 0.3 is 39.5 Å². The highest BCUT2D eigenvalue weighted by molar-refractivity contribution is 7.47. The Morgan fingerprint density at radius 2 is 0.527 bits per heavy atom. The van der Waals surface area contributed by atoms with Crippen LogP contribution in [0, 0.1) is 23.7 Å². The smallest absolute Gasteiger partial charge is 0.462 e. The van der Waals surface area contributed by atoms with Gasteiger partial charge in [0.05, 0.1) is 26.4 Å². The number of phosphoric ester groups is 2. The Morgan fingerprint density at radius 1 is 0.308 bits per heavy atom. The molecule has 0 aliphatic heterocycles. The summed E-state index contributed by atoms with van der Waals surface area (Å²) < 4.78 is 68.2. The molecule has 0 bridgehead atoms. The van der Waals surface area contributed by atoms with Crippen molar-refractivity contribution in [1.82, 2.24) is 0 Å². The Hall–Kier alpha value is -1.94. The average molecular weight is 1340 g/mol. The van der Waals surface area contributed by atoms with Crippen molar-refractivity contribution in [3.8, 4) is 0 Å². The third-order valence-corrected chi connectivity index (χ3v) is 18.8. The van der Waals surface area contributed by atoms with E-state index in [-0.39, 0.29) is 25.7 Å². The van der Waals surface area contributed by atoms with Crippen LogP contribution in [-0.2, 0) is 65.4 Å². The van der Waals surface area contributed by atoms with Crippen molar-refractivity contribution in [3.05, 3.63) is 0 Å². The maximum atomic E-state index is 13.0. The molecule has 6 atom stereocenters. The fourth-order valence-corrected chi connectivity index (χ4v) is 12.4. The van der Waals surface area contributed by atoms with Crippen molar-refractivity contribution < 1.29 is 80.2 Å². The van der Waals surface area contributed by atoms with E-state index in [2.05, 4.69) is 55.4 Å². The molecule has 0 aromatic carbocycles. The Kier molecular flexibility index (Phi) is 60.3. The van der Waals surface area contributed by atoms with E-state index in [9.17, 15) is 43.2 Å². The van der Waals surface area contributed by atoms with Gasteiger partial charge in [0, 0.05) is 25.7 Å². The van der Waals surface area contributed by atoms with E-state index in [1.54, 1.807) is 0 Å². The van der Waals surface area contributed by atoms with Crippen LogP contribution in [0.15, 0.2) is 0 Å². The Balaban J connectivity index is 5.13. The quantitative estimate of drug-likeness (QED) is 0.0222. The summed E-state index contributed by atoms with van der Waals surface area (Å²) in [5.41, 5.74) is 0. The number of carbonyl (C=O) groups excluding carboxylic acids is 4. The lowest BCUT2D eigenvalue weighted by Crippen LogP contribution is -2.30. The summed E-state index contributed by atoms with van der Waals surface area (Å²) in [6.07, 6.45) is 44.9. The van der Waals surface area contributed by atoms with Gasteiger partial charge in [0.15, 0.2) is 12.2 Å². The van der Waals surface area contributed by atoms with Gasteiger partial charge in [0.25, 0.3) is 0 Å². The summed E-state index contributed by atoms with van der Waals surface area (Å²) in [5, 5.41) is 10.6. The molecule has 0 saturated carbocycles. The number of carbonyl (C=O) groups is 4. The van der Waals surface area contributed by atoms with Crippen LogP contribution in [0.25, 0.3) is 0 Å². The van der Waals surface area contributed by atoms with Crippen molar-refractivity contribution >= 4 is 39.5 Å². The van der Waals surface area contributed by atoms with Crippen LogP contribution in [0.4, 0.5) is 0 Å². The molecule has 0 heterocycles. The number of esters is 4. The number of rotatable bonds is 69. The van der Waals surface area contributed by atoms with Crippen molar-refractivity contribution in [3.63, 3.8) is 0 Å². The van der Waals surface area contributed by atoms with Gasteiger partial charge in [-0.05, 0) is 49.4 Å². The molecule has 0 aliphatic carbocycles. The summed E-state index contributed by atoms with van der Waals surface area (Å²) >= 11 is 0. The van der Waals surface area contributed by atoms with Crippen LogP contribution >= 0.6 is 15.6 Å². The van der Waals surface area contributed by atoms with Gasteiger partial charge in [-0.3, -0.25) is 37.3 Å². The monoisotopic (exact) mass is 1340 g/mol. The normalized spacial score (nSPS) is 14.5. The first-order chi connectivity index (χ1) is 43.6. The molecule has 0 saturated heterocycles. The molecule has 0 radical (unpaired) electrons. The van der Waals surface area contributed by atoms with Gasteiger partial charge in [-0.2, -0.15) is 0 Å². The largest absolute Gasteiger partial charge is 0.472 e. The number of phosphoric acid groups is 2. The summed E-state index contributed by atoms with van der Waals surface area (Å²) in [6.45, 7) is 14.0. The molecule has 0 aromatic heterocycles. The molecular weight excluding hydrogens is 1200 g/mol. The van der Waals surface area contributed by atoms with Gasteiger partial charge in [-0.25, -0.2) is 9.13 Å². The fraction of sp³-hybridized carbons (Fsp3) is 0.944. The van der Waals surface area contributed by atoms with E-state index in [4.69, 9.17) is 37.0 Å². The van der Waals surface area contributed by atoms with Crippen molar-refractivity contribution in [1.29, 1.82) is 0 Å². The van der Waals surface area contributed by atoms with E-state index in [0.717, 1.165) is 114 Å². The second-order valence-corrected chi connectivity index (χ2v) is 30.6. The predicted molar refractivity (Wildman–Crippen MR) is 367 cm³/mol. The van der Waals surface area contributed by atoms with Gasteiger partial charge in [-0.1, -0.05) is 306 Å². The Bertz CT molecular complexity index is 1800. The molecule has 0 fully saturated rings. The minimum absolute atomic E-state index is 0.101. The molecule has 0 amide bonds. The SMILES string of the molecule is CCC(C)CCCCCCCCC(=O)OC[C@H](COP(=O)(O)OC[C@H](O)COP(=O)(O)OC[C@@H](COC(=O)CCCCCCCCCCCCCCCCCCCCC(C)C)OC(=O)CCCCCCCCCCC(C)C)OC(=O)CCCCCCCCC(C)C. The number of hydrogen-bond acceptors (Lipinski definition) is 15.